The van der Waals surface area contributed by atoms with Crippen LogP contribution in [-0.4, -0.2) is 5.91 Å². The van der Waals surface area contributed by atoms with Gasteiger partial charge in [0.15, 0.2) is 0 Å². The molecule has 0 radical (unpaired) electrons. The van der Waals surface area contributed by atoms with E-state index >= 15 is 0 Å². The van der Waals surface area contributed by atoms with Gasteiger partial charge in [0.05, 0.1) is 0 Å². The minimum atomic E-state index is 0.150. The lowest BCUT2D eigenvalue weighted by Gasteiger charge is -2.05. The number of benzene rings is 1. The van der Waals surface area contributed by atoms with Crippen LogP contribution in [0.25, 0.3) is 0 Å². The number of anilines is 1. The van der Waals surface area contributed by atoms with Gasteiger partial charge in [-0.05, 0) is 18.6 Å². The van der Waals surface area contributed by atoms with Gasteiger partial charge in [-0.3, -0.25) is 4.79 Å². The van der Waals surface area contributed by atoms with E-state index in [1.54, 1.807) is 0 Å². The van der Waals surface area contributed by atoms with Crippen molar-refractivity contribution < 1.29 is 4.79 Å². The van der Waals surface area contributed by atoms with Gasteiger partial charge in [0, 0.05) is 12.1 Å². The number of amides is 1. The summed E-state index contributed by atoms with van der Waals surface area (Å²) in [4.78, 5) is 12.0. The first kappa shape index (κ1) is 41.7. The van der Waals surface area contributed by atoms with Crippen LogP contribution in [0.1, 0.15) is 232 Å². The summed E-state index contributed by atoms with van der Waals surface area (Å²) in [5.74, 6) is 0.150. The predicted molar refractivity (Wildman–Crippen MR) is 202 cm³/mol. The van der Waals surface area contributed by atoms with Crippen LogP contribution in [0.15, 0.2) is 30.3 Å². The first-order valence-corrected chi connectivity index (χ1v) is 20.7. The Bertz CT molecular complexity index is 701. The molecule has 0 bridgehead atoms. The predicted octanol–water partition coefficient (Wildman–Crippen LogP) is 15.3. The Morgan fingerprint density at radius 1 is 0.378 bits per heavy atom. The average molecular weight is 626 g/mol. The van der Waals surface area contributed by atoms with Gasteiger partial charge in [0.25, 0.3) is 0 Å². The van der Waals surface area contributed by atoms with E-state index in [2.05, 4.69) is 12.2 Å². The second-order valence-corrected chi connectivity index (χ2v) is 14.3. The van der Waals surface area contributed by atoms with Gasteiger partial charge in [-0.1, -0.05) is 237 Å². The zero-order valence-electron chi connectivity index (χ0n) is 30.5. The molecule has 1 amide bonds. The van der Waals surface area contributed by atoms with E-state index in [1.807, 2.05) is 30.3 Å². The molecule has 0 fully saturated rings. The van der Waals surface area contributed by atoms with Gasteiger partial charge in [-0.25, -0.2) is 0 Å². The van der Waals surface area contributed by atoms with Gasteiger partial charge in [-0.2, -0.15) is 0 Å². The highest BCUT2D eigenvalue weighted by Gasteiger charge is 2.02. The molecule has 0 aromatic heterocycles. The fraction of sp³-hybridized carbons (Fsp3) is 0.837. The molecule has 262 valence electrons. The molecule has 2 nitrogen and oxygen atoms in total. The molecule has 1 rings (SSSR count). The highest BCUT2D eigenvalue weighted by atomic mass is 16.1. The van der Waals surface area contributed by atoms with E-state index < -0.39 is 0 Å². The largest absolute Gasteiger partial charge is 0.326 e. The maximum atomic E-state index is 12.0. The molecular weight excluding hydrogens is 546 g/mol. The summed E-state index contributed by atoms with van der Waals surface area (Å²) < 4.78 is 0. The lowest BCUT2D eigenvalue weighted by atomic mass is 10.0. The van der Waals surface area contributed by atoms with Crippen molar-refractivity contribution in [2.24, 2.45) is 0 Å². The number of para-hydroxylation sites is 1. The maximum absolute atomic E-state index is 12.0. The summed E-state index contributed by atoms with van der Waals surface area (Å²) in [7, 11) is 0. The van der Waals surface area contributed by atoms with Crippen molar-refractivity contribution in [3.63, 3.8) is 0 Å². The van der Waals surface area contributed by atoms with Gasteiger partial charge in [0.2, 0.25) is 5.91 Å². The summed E-state index contributed by atoms with van der Waals surface area (Å²) in [5, 5.41) is 2.98. The number of hydrogen-bond donors (Lipinski definition) is 1. The number of hydrogen-bond acceptors (Lipinski definition) is 1. The van der Waals surface area contributed by atoms with E-state index in [0.717, 1.165) is 12.1 Å². The highest BCUT2D eigenvalue weighted by molar-refractivity contribution is 5.90. The normalized spacial score (nSPS) is 11.3. The first-order valence-electron chi connectivity index (χ1n) is 20.7. The molecule has 0 unspecified atom stereocenters. The molecule has 0 heterocycles. The smallest absolute Gasteiger partial charge is 0.224 e. The van der Waals surface area contributed by atoms with Crippen LogP contribution in [0.2, 0.25) is 0 Å². The SMILES string of the molecule is CCCCCCCCCCCCCCCCCCCCCCCCCCCCCCCCCCCCC(=O)Nc1ccccc1. The Labute approximate surface area is 283 Å². The third kappa shape index (κ3) is 32.4. The summed E-state index contributed by atoms with van der Waals surface area (Å²) in [6.45, 7) is 2.31. The zero-order valence-corrected chi connectivity index (χ0v) is 30.5. The van der Waals surface area contributed by atoms with Crippen molar-refractivity contribution in [1.29, 1.82) is 0 Å². The van der Waals surface area contributed by atoms with E-state index in [1.165, 1.54) is 212 Å². The van der Waals surface area contributed by atoms with Crippen LogP contribution in [-0.2, 0) is 4.79 Å². The molecule has 0 aliphatic rings. The van der Waals surface area contributed by atoms with Crippen LogP contribution >= 0.6 is 0 Å². The second-order valence-electron chi connectivity index (χ2n) is 14.3. The van der Waals surface area contributed by atoms with Crippen LogP contribution in [0, 0.1) is 0 Å². The molecule has 1 N–H and O–H groups in total. The Morgan fingerprint density at radius 2 is 0.622 bits per heavy atom. The summed E-state index contributed by atoms with van der Waals surface area (Å²) >= 11 is 0. The van der Waals surface area contributed by atoms with Crippen molar-refractivity contribution in [2.45, 2.75) is 232 Å². The topological polar surface area (TPSA) is 29.1 Å². The van der Waals surface area contributed by atoms with Crippen LogP contribution < -0.4 is 5.32 Å². The van der Waals surface area contributed by atoms with Crippen molar-refractivity contribution in [2.75, 3.05) is 5.32 Å². The number of unbranched alkanes of at least 4 members (excludes halogenated alkanes) is 33. The summed E-state index contributed by atoms with van der Waals surface area (Å²) in [5.41, 5.74) is 0.906. The molecule has 45 heavy (non-hydrogen) atoms. The monoisotopic (exact) mass is 626 g/mol. The van der Waals surface area contributed by atoms with Gasteiger partial charge < -0.3 is 5.32 Å². The van der Waals surface area contributed by atoms with Gasteiger partial charge in [-0.15, -0.1) is 0 Å². The van der Waals surface area contributed by atoms with Crippen LogP contribution in [0.4, 0.5) is 5.69 Å². The summed E-state index contributed by atoms with van der Waals surface area (Å²) in [6.07, 6.45) is 49.2. The van der Waals surface area contributed by atoms with Crippen molar-refractivity contribution in [3.05, 3.63) is 30.3 Å². The van der Waals surface area contributed by atoms with E-state index in [-0.39, 0.29) is 5.91 Å². The molecule has 0 saturated heterocycles. The second kappa shape index (κ2) is 35.5. The molecule has 0 atom stereocenters. The molecule has 0 aliphatic heterocycles. The van der Waals surface area contributed by atoms with Gasteiger partial charge in [0.1, 0.15) is 0 Å². The third-order valence-electron chi connectivity index (χ3n) is 9.81. The Balaban J connectivity index is 1.64. The van der Waals surface area contributed by atoms with Crippen molar-refractivity contribution in [3.8, 4) is 0 Å². The third-order valence-corrected chi connectivity index (χ3v) is 9.81. The highest BCUT2D eigenvalue weighted by Crippen LogP contribution is 2.17. The molecule has 2 heteroatoms. The fourth-order valence-electron chi connectivity index (χ4n) is 6.76. The maximum Gasteiger partial charge on any atom is 0.224 e. The number of nitrogens with one attached hydrogen (secondary N) is 1. The average Bonchev–Trinajstić information content (AvgIpc) is 3.05. The molecule has 1 aromatic carbocycles. The standard InChI is InChI=1S/C43H79NO/c1-2-3-4-5-6-7-8-9-10-11-12-13-14-15-16-17-18-19-20-21-22-23-24-25-26-27-28-29-30-31-32-33-34-38-41-43(45)44-42-39-36-35-37-40-42/h35-37,39-40H,2-34,38,41H2,1H3,(H,44,45). The van der Waals surface area contributed by atoms with E-state index in [0.29, 0.717) is 6.42 Å². The van der Waals surface area contributed by atoms with Crippen LogP contribution in [0.3, 0.4) is 0 Å². The Kier molecular flexibility index (Phi) is 32.9. The minimum absolute atomic E-state index is 0.150. The van der Waals surface area contributed by atoms with Crippen molar-refractivity contribution >= 4 is 11.6 Å². The molecule has 0 aliphatic carbocycles. The Morgan fingerprint density at radius 3 is 0.889 bits per heavy atom. The zero-order chi connectivity index (χ0) is 32.1. The minimum Gasteiger partial charge on any atom is -0.326 e. The number of carbonyl (C=O) groups excluding carboxylic acids is 1. The Hall–Kier alpha value is -1.31. The fourth-order valence-corrected chi connectivity index (χ4v) is 6.76. The van der Waals surface area contributed by atoms with E-state index in [4.69, 9.17) is 0 Å². The lowest BCUT2D eigenvalue weighted by molar-refractivity contribution is -0.116. The van der Waals surface area contributed by atoms with Gasteiger partial charge >= 0.3 is 0 Å². The quantitative estimate of drug-likeness (QED) is 0.0738. The summed E-state index contributed by atoms with van der Waals surface area (Å²) in [6, 6.07) is 9.78. The van der Waals surface area contributed by atoms with Crippen LogP contribution in [0.5, 0.6) is 0 Å². The number of carbonyl (C=O) groups is 1. The van der Waals surface area contributed by atoms with Crippen molar-refractivity contribution in [1.82, 2.24) is 0 Å². The molecule has 0 spiro atoms. The van der Waals surface area contributed by atoms with E-state index in [9.17, 15) is 4.79 Å². The lowest BCUT2D eigenvalue weighted by Crippen LogP contribution is -2.10. The first-order chi connectivity index (χ1) is 22.3. The number of rotatable bonds is 36. The molecular formula is C43H79NO. The molecule has 0 saturated carbocycles. The molecule has 1 aromatic rings.